The van der Waals surface area contributed by atoms with Crippen molar-refractivity contribution in [2.24, 2.45) is 5.92 Å². The molecule has 0 aromatic heterocycles. The summed E-state index contributed by atoms with van der Waals surface area (Å²) in [6, 6.07) is 10.9. The first-order valence-corrected chi connectivity index (χ1v) is 5.13. The average Bonchev–Trinajstić information content (AvgIpc) is 2.20. The highest BCUT2D eigenvalue weighted by atomic mass is 14.9. The summed E-state index contributed by atoms with van der Waals surface area (Å²) in [4.78, 5) is 0. The van der Waals surface area contributed by atoms with Crippen molar-refractivity contribution >= 4 is 0 Å². The molecule has 0 unspecified atom stereocenters. The van der Waals surface area contributed by atoms with Crippen LogP contribution in [0.4, 0.5) is 0 Å². The standard InChI is InChI=1S/C12H17N/c1-10-9-13-8-7-12(10)11-5-3-2-4-6-11/h2-6,10,12-13H,7-9H2,1H3/t10-,12-/m1/s1. The van der Waals surface area contributed by atoms with Gasteiger partial charge in [0.25, 0.3) is 0 Å². The third kappa shape index (κ3) is 1.92. The summed E-state index contributed by atoms with van der Waals surface area (Å²) in [5.41, 5.74) is 1.51. The molecule has 2 atom stereocenters. The molecule has 0 aliphatic carbocycles. The van der Waals surface area contributed by atoms with Crippen LogP contribution < -0.4 is 5.32 Å². The lowest BCUT2D eigenvalue weighted by atomic mass is 9.82. The summed E-state index contributed by atoms with van der Waals surface area (Å²) >= 11 is 0. The van der Waals surface area contributed by atoms with E-state index in [-0.39, 0.29) is 0 Å². The molecule has 70 valence electrons. The van der Waals surface area contributed by atoms with Crippen LogP contribution in [0.3, 0.4) is 0 Å². The van der Waals surface area contributed by atoms with Crippen molar-refractivity contribution in [3.63, 3.8) is 0 Å². The van der Waals surface area contributed by atoms with Crippen molar-refractivity contribution < 1.29 is 0 Å². The summed E-state index contributed by atoms with van der Waals surface area (Å²) in [5, 5.41) is 3.43. The second kappa shape index (κ2) is 3.93. The van der Waals surface area contributed by atoms with Crippen LogP contribution in [0, 0.1) is 5.92 Å². The van der Waals surface area contributed by atoms with E-state index in [1.165, 1.54) is 25.1 Å². The predicted molar refractivity (Wildman–Crippen MR) is 55.8 cm³/mol. The SMILES string of the molecule is C[C@@H]1CNCC[C@H]1c1ccccc1. The molecular formula is C12H17N. The van der Waals surface area contributed by atoms with Gasteiger partial charge in [-0.3, -0.25) is 0 Å². The molecule has 0 saturated carbocycles. The molecule has 0 bridgehead atoms. The Morgan fingerprint density at radius 2 is 2.00 bits per heavy atom. The van der Waals surface area contributed by atoms with Gasteiger partial charge in [-0.2, -0.15) is 0 Å². The van der Waals surface area contributed by atoms with Gasteiger partial charge in [0.1, 0.15) is 0 Å². The molecule has 0 amide bonds. The Labute approximate surface area is 80.2 Å². The van der Waals surface area contributed by atoms with E-state index in [4.69, 9.17) is 0 Å². The van der Waals surface area contributed by atoms with Gasteiger partial charge in [-0.05, 0) is 36.9 Å². The molecule has 0 radical (unpaired) electrons. The maximum Gasteiger partial charge on any atom is -0.00173 e. The van der Waals surface area contributed by atoms with E-state index in [1.54, 1.807) is 0 Å². The fourth-order valence-electron chi connectivity index (χ4n) is 2.21. The molecule has 2 rings (SSSR count). The van der Waals surface area contributed by atoms with Gasteiger partial charge in [0, 0.05) is 0 Å². The molecule has 1 heteroatoms. The number of piperidine rings is 1. The number of benzene rings is 1. The van der Waals surface area contributed by atoms with Crippen molar-refractivity contribution in [1.29, 1.82) is 0 Å². The summed E-state index contributed by atoms with van der Waals surface area (Å²) in [6.07, 6.45) is 1.28. The van der Waals surface area contributed by atoms with Gasteiger partial charge >= 0.3 is 0 Å². The lowest BCUT2D eigenvalue weighted by Crippen LogP contribution is -2.33. The summed E-state index contributed by atoms with van der Waals surface area (Å²) < 4.78 is 0. The second-order valence-electron chi connectivity index (χ2n) is 3.99. The van der Waals surface area contributed by atoms with Gasteiger partial charge in [0.15, 0.2) is 0 Å². The lowest BCUT2D eigenvalue weighted by Gasteiger charge is -2.29. The maximum atomic E-state index is 3.43. The molecular weight excluding hydrogens is 158 g/mol. The predicted octanol–water partition coefficient (Wildman–Crippen LogP) is 2.40. The van der Waals surface area contributed by atoms with Crippen molar-refractivity contribution in [3.05, 3.63) is 35.9 Å². The van der Waals surface area contributed by atoms with E-state index in [0.29, 0.717) is 0 Å². The van der Waals surface area contributed by atoms with Gasteiger partial charge < -0.3 is 5.32 Å². The van der Waals surface area contributed by atoms with Gasteiger partial charge in [0.05, 0.1) is 0 Å². The zero-order chi connectivity index (χ0) is 9.10. The lowest BCUT2D eigenvalue weighted by molar-refractivity contribution is 0.349. The van der Waals surface area contributed by atoms with Crippen LogP contribution in [-0.4, -0.2) is 13.1 Å². The summed E-state index contributed by atoms with van der Waals surface area (Å²) in [7, 11) is 0. The first-order chi connectivity index (χ1) is 6.38. The molecule has 1 fully saturated rings. The minimum Gasteiger partial charge on any atom is -0.316 e. The van der Waals surface area contributed by atoms with Crippen LogP contribution in [0.15, 0.2) is 30.3 Å². The summed E-state index contributed by atoms with van der Waals surface area (Å²) in [6.45, 7) is 4.67. The quantitative estimate of drug-likeness (QED) is 0.691. The van der Waals surface area contributed by atoms with Gasteiger partial charge in [-0.1, -0.05) is 37.3 Å². The zero-order valence-corrected chi connectivity index (χ0v) is 8.16. The Bertz CT molecular complexity index is 255. The van der Waals surface area contributed by atoms with Crippen molar-refractivity contribution in [1.82, 2.24) is 5.32 Å². The fourth-order valence-corrected chi connectivity index (χ4v) is 2.21. The van der Waals surface area contributed by atoms with Crippen LogP contribution >= 0.6 is 0 Å². The monoisotopic (exact) mass is 175 g/mol. The summed E-state index contributed by atoms with van der Waals surface area (Å²) in [5.74, 6) is 1.54. The van der Waals surface area contributed by atoms with Crippen molar-refractivity contribution in [2.75, 3.05) is 13.1 Å². The first-order valence-electron chi connectivity index (χ1n) is 5.13. The molecule has 1 aromatic rings. The zero-order valence-electron chi connectivity index (χ0n) is 8.16. The first kappa shape index (κ1) is 8.76. The number of nitrogens with one attached hydrogen (secondary N) is 1. The Kier molecular flexibility index (Phi) is 2.65. The molecule has 1 saturated heterocycles. The molecule has 1 N–H and O–H groups in total. The largest absolute Gasteiger partial charge is 0.316 e. The second-order valence-corrected chi connectivity index (χ2v) is 3.99. The maximum absolute atomic E-state index is 3.43. The molecule has 1 aliphatic rings. The third-order valence-electron chi connectivity index (χ3n) is 3.01. The average molecular weight is 175 g/mol. The fraction of sp³-hybridized carbons (Fsp3) is 0.500. The molecule has 1 aromatic carbocycles. The van der Waals surface area contributed by atoms with E-state index >= 15 is 0 Å². The highest BCUT2D eigenvalue weighted by molar-refractivity contribution is 5.20. The van der Waals surface area contributed by atoms with Crippen LogP contribution in [-0.2, 0) is 0 Å². The van der Waals surface area contributed by atoms with E-state index in [0.717, 1.165) is 11.8 Å². The Hall–Kier alpha value is -0.820. The smallest absolute Gasteiger partial charge is 0.00173 e. The van der Waals surface area contributed by atoms with E-state index < -0.39 is 0 Å². The van der Waals surface area contributed by atoms with E-state index in [9.17, 15) is 0 Å². The molecule has 1 heterocycles. The number of rotatable bonds is 1. The molecule has 0 spiro atoms. The third-order valence-corrected chi connectivity index (χ3v) is 3.01. The van der Waals surface area contributed by atoms with Crippen molar-refractivity contribution in [2.45, 2.75) is 19.3 Å². The highest BCUT2D eigenvalue weighted by Crippen LogP contribution is 2.29. The van der Waals surface area contributed by atoms with Crippen molar-refractivity contribution in [3.8, 4) is 0 Å². The number of hydrogen-bond acceptors (Lipinski definition) is 1. The van der Waals surface area contributed by atoms with Crippen LogP contribution in [0.5, 0.6) is 0 Å². The van der Waals surface area contributed by atoms with Gasteiger partial charge in [-0.25, -0.2) is 0 Å². The van der Waals surface area contributed by atoms with Gasteiger partial charge in [-0.15, -0.1) is 0 Å². The number of hydrogen-bond donors (Lipinski definition) is 1. The minimum absolute atomic E-state index is 0.766. The van der Waals surface area contributed by atoms with Gasteiger partial charge in [0.2, 0.25) is 0 Å². The highest BCUT2D eigenvalue weighted by Gasteiger charge is 2.21. The molecule has 1 aliphatic heterocycles. The molecule has 13 heavy (non-hydrogen) atoms. The van der Waals surface area contributed by atoms with Crippen LogP contribution in [0.1, 0.15) is 24.8 Å². The Balaban J connectivity index is 2.15. The van der Waals surface area contributed by atoms with E-state index in [2.05, 4.69) is 42.6 Å². The van der Waals surface area contributed by atoms with E-state index in [1.807, 2.05) is 0 Å². The van der Waals surface area contributed by atoms with Crippen LogP contribution in [0.2, 0.25) is 0 Å². The topological polar surface area (TPSA) is 12.0 Å². The molecule has 1 nitrogen and oxygen atoms in total. The Morgan fingerprint density at radius 3 is 2.69 bits per heavy atom. The normalized spacial score (nSPS) is 28.7. The minimum atomic E-state index is 0.766. The van der Waals surface area contributed by atoms with Crippen LogP contribution in [0.25, 0.3) is 0 Å². The Morgan fingerprint density at radius 1 is 1.23 bits per heavy atom.